The van der Waals surface area contributed by atoms with E-state index in [4.69, 9.17) is 4.74 Å². The van der Waals surface area contributed by atoms with Crippen LogP contribution in [0.25, 0.3) is 0 Å². The van der Waals surface area contributed by atoms with Crippen molar-refractivity contribution in [2.45, 2.75) is 32.6 Å². The van der Waals surface area contributed by atoms with Gasteiger partial charge in [-0.05, 0) is 12.8 Å². The highest BCUT2D eigenvalue weighted by Gasteiger charge is 2.30. The van der Waals surface area contributed by atoms with E-state index >= 15 is 0 Å². The Labute approximate surface area is 77.8 Å². The average molecular weight is 182 g/mol. The van der Waals surface area contributed by atoms with Crippen LogP contribution in [-0.2, 0) is 14.3 Å². The van der Waals surface area contributed by atoms with Crippen molar-refractivity contribution in [2.24, 2.45) is 0 Å². The summed E-state index contributed by atoms with van der Waals surface area (Å²) in [7, 11) is 1.44. The Morgan fingerprint density at radius 3 is 2.54 bits per heavy atom. The van der Waals surface area contributed by atoms with Crippen molar-refractivity contribution in [2.75, 3.05) is 7.11 Å². The van der Waals surface area contributed by atoms with E-state index in [-0.39, 0.29) is 18.0 Å². The number of carbonyl (C=O) groups excluding carboxylic acids is 2. The Hall–Kier alpha value is -1.12. The molecular weight excluding hydrogens is 168 g/mol. The molecule has 0 aromatic carbocycles. The van der Waals surface area contributed by atoms with Gasteiger partial charge in [0.15, 0.2) is 11.5 Å². The fourth-order valence-electron chi connectivity index (χ4n) is 1.47. The topological polar surface area (TPSA) is 43.4 Å². The summed E-state index contributed by atoms with van der Waals surface area (Å²) in [4.78, 5) is 22.5. The molecule has 0 amide bonds. The molecule has 1 rings (SSSR count). The summed E-state index contributed by atoms with van der Waals surface area (Å²) >= 11 is 0. The molecule has 0 radical (unpaired) electrons. The first-order chi connectivity index (χ1) is 6.20. The molecule has 13 heavy (non-hydrogen) atoms. The number of ketones is 2. The van der Waals surface area contributed by atoms with Crippen LogP contribution in [0.3, 0.4) is 0 Å². The number of hydrogen-bond acceptors (Lipinski definition) is 3. The molecule has 0 saturated carbocycles. The minimum Gasteiger partial charge on any atom is -0.493 e. The normalized spacial score (nSPS) is 17.1. The summed E-state index contributed by atoms with van der Waals surface area (Å²) in [6, 6.07) is 0. The zero-order valence-electron chi connectivity index (χ0n) is 8.05. The molecule has 0 fully saturated rings. The summed E-state index contributed by atoms with van der Waals surface area (Å²) in [6.07, 6.45) is 2.62. The number of hydrogen-bond donors (Lipinski definition) is 0. The van der Waals surface area contributed by atoms with Crippen LogP contribution in [-0.4, -0.2) is 18.7 Å². The molecule has 0 atom stereocenters. The maximum Gasteiger partial charge on any atom is 0.205 e. The molecule has 0 bridgehead atoms. The minimum atomic E-state index is -0.168. The third kappa shape index (κ3) is 1.97. The van der Waals surface area contributed by atoms with Gasteiger partial charge in [0.25, 0.3) is 0 Å². The first-order valence-electron chi connectivity index (χ1n) is 4.54. The molecule has 72 valence electrons. The number of allylic oxidation sites excluding steroid dienone is 2. The molecule has 0 saturated heterocycles. The number of rotatable bonds is 4. The minimum absolute atomic E-state index is 0.00220. The van der Waals surface area contributed by atoms with E-state index in [0.717, 1.165) is 12.8 Å². The molecule has 3 heteroatoms. The van der Waals surface area contributed by atoms with E-state index in [1.54, 1.807) is 0 Å². The molecular formula is C10H14O3. The third-order valence-corrected chi connectivity index (χ3v) is 2.17. The van der Waals surface area contributed by atoms with E-state index in [2.05, 4.69) is 0 Å². The number of unbranched alkanes of at least 4 members (excludes halogenated alkanes) is 1. The largest absolute Gasteiger partial charge is 0.493 e. The van der Waals surface area contributed by atoms with Crippen LogP contribution < -0.4 is 0 Å². The highest BCUT2D eigenvalue weighted by Crippen LogP contribution is 2.24. The zero-order valence-corrected chi connectivity index (χ0v) is 8.05. The van der Waals surface area contributed by atoms with Gasteiger partial charge in [0.1, 0.15) is 0 Å². The maximum atomic E-state index is 11.3. The van der Waals surface area contributed by atoms with Gasteiger partial charge in [0, 0.05) is 5.57 Å². The van der Waals surface area contributed by atoms with Gasteiger partial charge in [-0.3, -0.25) is 9.59 Å². The van der Waals surface area contributed by atoms with E-state index in [9.17, 15) is 9.59 Å². The zero-order chi connectivity index (χ0) is 9.84. The van der Waals surface area contributed by atoms with Crippen LogP contribution in [0.4, 0.5) is 0 Å². The van der Waals surface area contributed by atoms with Gasteiger partial charge in [0.2, 0.25) is 5.78 Å². The van der Waals surface area contributed by atoms with Crippen LogP contribution in [0.1, 0.15) is 32.6 Å². The Morgan fingerprint density at radius 1 is 1.31 bits per heavy atom. The first kappa shape index (κ1) is 9.96. The quantitative estimate of drug-likeness (QED) is 0.620. The molecule has 0 N–H and O–H groups in total. The fraction of sp³-hybridized carbons (Fsp3) is 0.600. The Balaban J connectivity index is 2.79. The number of methoxy groups -OCH3 is 1. The summed E-state index contributed by atoms with van der Waals surface area (Å²) in [6.45, 7) is 2.05. The molecule has 0 aromatic rings. The van der Waals surface area contributed by atoms with E-state index < -0.39 is 0 Å². The molecule has 0 aliphatic heterocycles. The van der Waals surface area contributed by atoms with Crippen LogP contribution in [0.2, 0.25) is 0 Å². The van der Waals surface area contributed by atoms with Crippen molar-refractivity contribution in [3.05, 3.63) is 11.3 Å². The third-order valence-electron chi connectivity index (χ3n) is 2.17. The van der Waals surface area contributed by atoms with E-state index in [1.807, 2.05) is 6.92 Å². The van der Waals surface area contributed by atoms with Gasteiger partial charge in [-0.1, -0.05) is 13.3 Å². The van der Waals surface area contributed by atoms with Crippen molar-refractivity contribution in [1.29, 1.82) is 0 Å². The maximum absolute atomic E-state index is 11.3. The SMILES string of the molecule is CCCCC1=C(OC)C(=O)CC1=O. The highest BCUT2D eigenvalue weighted by molar-refractivity contribution is 6.21. The van der Waals surface area contributed by atoms with Crippen LogP contribution in [0.15, 0.2) is 11.3 Å². The van der Waals surface area contributed by atoms with Crippen LogP contribution in [0.5, 0.6) is 0 Å². The fourth-order valence-corrected chi connectivity index (χ4v) is 1.47. The lowest BCUT2D eigenvalue weighted by atomic mass is 10.1. The monoisotopic (exact) mass is 182 g/mol. The molecule has 1 aliphatic rings. The summed E-state index contributed by atoms with van der Waals surface area (Å²) in [5.41, 5.74) is 0.592. The predicted molar refractivity (Wildman–Crippen MR) is 48.2 cm³/mol. The van der Waals surface area contributed by atoms with E-state index in [1.165, 1.54) is 7.11 Å². The van der Waals surface area contributed by atoms with Gasteiger partial charge in [-0.15, -0.1) is 0 Å². The number of Topliss-reactive ketones (excluding diaryl/α,β-unsaturated/α-hetero) is 2. The van der Waals surface area contributed by atoms with Gasteiger partial charge >= 0.3 is 0 Å². The average Bonchev–Trinajstić information content (AvgIpc) is 2.37. The first-order valence-corrected chi connectivity index (χ1v) is 4.54. The Morgan fingerprint density at radius 2 is 2.00 bits per heavy atom. The van der Waals surface area contributed by atoms with Gasteiger partial charge < -0.3 is 4.74 Å². The number of ether oxygens (including phenoxy) is 1. The molecule has 0 aromatic heterocycles. The molecule has 0 unspecified atom stereocenters. The lowest BCUT2D eigenvalue weighted by Crippen LogP contribution is -1.98. The summed E-state index contributed by atoms with van der Waals surface area (Å²) in [5, 5.41) is 0. The number of carbonyl (C=O) groups is 2. The van der Waals surface area contributed by atoms with Gasteiger partial charge in [-0.2, -0.15) is 0 Å². The van der Waals surface area contributed by atoms with Crippen molar-refractivity contribution >= 4 is 11.6 Å². The lowest BCUT2D eigenvalue weighted by Gasteiger charge is -2.01. The molecule has 3 nitrogen and oxygen atoms in total. The van der Waals surface area contributed by atoms with Crippen molar-refractivity contribution in [3.8, 4) is 0 Å². The van der Waals surface area contributed by atoms with Crippen molar-refractivity contribution in [1.82, 2.24) is 0 Å². The van der Waals surface area contributed by atoms with Crippen molar-refractivity contribution in [3.63, 3.8) is 0 Å². The van der Waals surface area contributed by atoms with Crippen LogP contribution in [0, 0.1) is 0 Å². The van der Waals surface area contributed by atoms with Gasteiger partial charge in [0.05, 0.1) is 13.5 Å². The Kier molecular flexibility index (Phi) is 3.23. The van der Waals surface area contributed by atoms with E-state index in [0.29, 0.717) is 17.8 Å². The smallest absolute Gasteiger partial charge is 0.205 e. The van der Waals surface area contributed by atoms with Crippen LogP contribution >= 0.6 is 0 Å². The molecule has 0 spiro atoms. The highest BCUT2D eigenvalue weighted by atomic mass is 16.5. The molecule has 1 aliphatic carbocycles. The second kappa shape index (κ2) is 4.21. The molecule has 0 heterocycles. The second-order valence-corrected chi connectivity index (χ2v) is 3.14. The second-order valence-electron chi connectivity index (χ2n) is 3.14. The van der Waals surface area contributed by atoms with Gasteiger partial charge in [-0.25, -0.2) is 0 Å². The summed E-state index contributed by atoms with van der Waals surface area (Å²) in [5.74, 6) is 0.0624. The van der Waals surface area contributed by atoms with Crippen molar-refractivity contribution < 1.29 is 14.3 Å². The summed E-state index contributed by atoms with van der Waals surface area (Å²) < 4.78 is 4.91. The standard InChI is InChI=1S/C10H14O3/c1-3-4-5-7-8(11)6-9(12)10(7)13-2/h3-6H2,1-2H3. The lowest BCUT2D eigenvalue weighted by molar-refractivity contribution is -0.122. The Bertz CT molecular complexity index is 263. The predicted octanol–water partition coefficient (Wildman–Crippen LogP) is 1.62.